The zero-order chi connectivity index (χ0) is 16.0. The van der Waals surface area contributed by atoms with Crippen molar-refractivity contribution in [2.75, 3.05) is 11.9 Å². The molecule has 0 aliphatic carbocycles. The fourth-order valence-corrected chi connectivity index (χ4v) is 1.80. The van der Waals surface area contributed by atoms with E-state index in [0.29, 0.717) is 5.56 Å². The van der Waals surface area contributed by atoms with E-state index in [1.807, 2.05) is 19.1 Å². The summed E-state index contributed by atoms with van der Waals surface area (Å²) in [4.78, 5) is 17.0. The maximum absolute atomic E-state index is 12.4. The lowest BCUT2D eigenvalue weighted by Crippen LogP contribution is -2.32. The minimum absolute atomic E-state index is 0.0307. The van der Waals surface area contributed by atoms with Crippen molar-refractivity contribution in [3.63, 3.8) is 0 Å². The SMILES string of the molecule is CCCNc1cc(C(=O)NC(C)CC)cc(C(C)(C)C)n1. The largest absolute Gasteiger partial charge is 0.370 e. The molecule has 1 rings (SSSR count). The average molecular weight is 291 g/mol. The van der Waals surface area contributed by atoms with Crippen LogP contribution in [0.1, 0.15) is 70.4 Å². The molecule has 0 bridgehead atoms. The molecular formula is C17H29N3O. The summed E-state index contributed by atoms with van der Waals surface area (Å²) in [5.74, 6) is 0.746. The standard InChI is InChI=1S/C17H29N3O/c1-7-9-18-15-11-13(16(21)19-12(3)8-2)10-14(20-15)17(4,5)6/h10-12H,7-9H2,1-6H3,(H,18,20)(H,19,21). The highest BCUT2D eigenvalue weighted by atomic mass is 16.1. The molecule has 0 spiro atoms. The minimum Gasteiger partial charge on any atom is -0.370 e. The molecule has 21 heavy (non-hydrogen) atoms. The Labute approximate surface area is 128 Å². The van der Waals surface area contributed by atoms with Crippen LogP contribution in [0.15, 0.2) is 12.1 Å². The first-order chi connectivity index (χ1) is 9.77. The molecule has 0 radical (unpaired) electrons. The Kier molecular flexibility index (Phi) is 6.19. The summed E-state index contributed by atoms with van der Waals surface area (Å²) in [5, 5.41) is 6.29. The van der Waals surface area contributed by atoms with Gasteiger partial charge < -0.3 is 10.6 Å². The second-order valence-corrected chi connectivity index (χ2v) is 6.59. The van der Waals surface area contributed by atoms with Gasteiger partial charge in [0.2, 0.25) is 0 Å². The number of nitrogens with zero attached hydrogens (tertiary/aromatic N) is 1. The van der Waals surface area contributed by atoms with E-state index in [9.17, 15) is 4.79 Å². The number of aromatic nitrogens is 1. The Morgan fingerprint density at radius 3 is 2.48 bits per heavy atom. The first-order valence-electron chi connectivity index (χ1n) is 7.85. The third-order valence-corrected chi connectivity index (χ3v) is 3.40. The maximum Gasteiger partial charge on any atom is 0.251 e. The Bertz CT molecular complexity index is 477. The Morgan fingerprint density at radius 2 is 1.95 bits per heavy atom. The molecule has 1 aromatic rings. The number of anilines is 1. The Morgan fingerprint density at radius 1 is 1.29 bits per heavy atom. The van der Waals surface area contributed by atoms with Crippen LogP contribution in [0.2, 0.25) is 0 Å². The van der Waals surface area contributed by atoms with Gasteiger partial charge in [0.25, 0.3) is 5.91 Å². The van der Waals surface area contributed by atoms with Crippen LogP contribution >= 0.6 is 0 Å². The summed E-state index contributed by atoms with van der Waals surface area (Å²) in [7, 11) is 0. The first-order valence-corrected chi connectivity index (χ1v) is 7.85. The molecular weight excluding hydrogens is 262 g/mol. The number of carbonyl (C=O) groups is 1. The summed E-state index contributed by atoms with van der Waals surface area (Å²) >= 11 is 0. The van der Waals surface area contributed by atoms with Crippen LogP contribution in [0.5, 0.6) is 0 Å². The Hall–Kier alpha value is -1.58. The highest BCUT2D eigenvalue weighted by molar-refractivity contribution is 5.95. The molecule has 1 unspecified atom stereocenters. The molecule has 0 saturated carbocycles. The fourth-order valence-electron chi connectivity index (χ4n) is 1.80. The van der Waals surface area contributed by atoms with E-state index < -0.39 is 0 Å². The summed E-state index contributed by atoms with van der Waals surface area (Å²) in [6.07, 6.45) is 1.94. The second-order valence-electron chi connectivity index (χ2n) is 6.59. The van der Waals surface area contributed by atoms with Crippen LogP contribution in [0.25, 0.3) is 0 Å². The van der Waals surface area contributed by atoms with E-state index in [2.05, 4.69) is 50.2 Å². The molecule has 2 N–H and O–H groups in total. The van der Waals surface area contributed by atoms with Gasteiger partial charge in [-0.05, 0) is 31.9 Å². The van der Waals surface area contributed by atoms with E-state index in [-0.39, 0.29) is 17.4 Å². The quantitative estimate of drug-likeness (QED) is 0.839. The number of hydrogen-bond acceptors (Lipinski definition) is 3. The number of rotatable bonds is 6. The van der Waals surface area contributed by atoms with Crippen molar-refractivity contribution < 1.29 is 4.79 Å². The van der Waals surface area contributed by atoms with Gasteiger partial charge >= 0.3 is 0 Å². The molecule has 4 nitrogen and oxygen atoms in total. The average Bonchev–Trinajstić information content (AvgIpc) is 2.43. The summed E-state index contributed by atoms with van der Waals surface area (Å²) in [6, 6.07) is 3.91. The second kappa shape index (κ2) is 7.43. The molecule has 0 aliphatic heterocycles. The predicted molar refractivity (Wildman–Crippen MR) is 88.9 cm³/mol. The van der Waals surface area contributed by atoms with Gasteiger partial charge in [-0.3, -0.25) is 4.79 Å². The molecule has 0 aliphatic rings. The summed E-state index contributed by atoms with van der Waals surface area (Å²) < 4.78 is 0. The van der Waals surface area contributed by atoms with Gasteiger partial charge in [0, 0.05) is 29.3 Å². The minimum atomic E-state index is -0.0880. The van der Waals surface area contributed by atoms with Crippen LogP contribution in [0.4, 0.5) is 5.82 Å². The van der Waals surface area contributed by atoms with Crippen molar-refractivity contribution in [2.24, 2.45) is 0 Å². The molecule has 0 aromatic carbocycles. The highest BCUT2D eigenvalue weighted by Crippen LogP contribution is 2.23. The fraction of sp³-hybridized carbons (Fsp3) is 0.647. The van der Waals surface area contributed by atoms with Crippen LogP contribution < -0.4 is 10.6 Å². The molecule has 1 heterocycles. The zero-order valence-electron chi connectivity index (χ0n) is 14.2. The zero-order valence-corrected chi connectivity index (χ0v) is 14.2. The lowest BCUT2D eigenvalue weighted by atomic mass is 9.90. The van der Waals surface area contributed by atoms with Crippen LogP contribution in [-0.4, -0.2) is 23.5 Å². The van der Waals surface area contributed by atoms with Gasteiger partial charge in [-0.1, -0.05) is 34.6 Å². The third-order valence-electron chi connectivity index (χ3n) is 3.40. The van der Waals surface area contributed by atoms with Gasteiger partial charge in [-0.25, -0.2) is 4.98 Å². The molecule has 4 heteroatoms. The Balaban J connectivity index is 3.09. The normalized spacial score (nSPS) is 12.9. The first kappa shape index (κ1) is 17.5. The van der Waals surface area contributed by atoms with Crippen molar-refractivity contribution in [1.82, 2.24) is 10.3 Å². The summed E-state index contributed by atoms with van der Waals surface area (Å²) in [6.45, 7) is 13.4. The van der Waals surface area contributed by atoms with Crippen molar-refractivity contribution in [3.8, 4) is 0 Å². The van der Waals surface area contributed by atoms with Crippen molar-refractivity contribution in [3.05, 3.63) is 23.4 Å². The van der Waals surface area contributed by atoms with Gasteiger partial charge in [0.05, 0.1) is 0 Å². The predicted octanol–water partition coefficient (Wildman–Crippen LogP) is 3.73. The van der Waals surface area contributed by atoms with E-state index in [4.69, 9.17) is 0 Å². The number of hydrogen-bond donors (Lipinski definition) is 2. The van der Waals surface area contributed by atoms with Crippen LogP contribution in [0.3, 0.4) is 0 Å². The van der Waals surface area contributed by atoms with Gasteiger partial charge in [0.1, 0.15) is 5.82 Å². The highest BCUT2D eigenvalue weighted by Gasteiger charge is 2.19. The molecule has 0 saturated heterocycles. The number of pyridine rings is 1. The van der Waals surface area contributed by atoms with Crippen molar-refractivity contribution in [1.29, 1.82) is 0 Å². The molecule has 118 valence electrons. The number of amides is 1. The smallest absolute Gasteiger partial charge is 0.251 e. The van der Waals surface area contributed by atoms with Crippen molar-refractivity contribution >= 4 is 11.7 Å². The monoisotopic (exact) mass is 291 g/mol. The van der Waals surface area contributed by atoms with E-state index in [1.54, 1.807) is 0 Å². The molecule has 0 fully saturated rings. The van der Waals surface area contributed by atoms with E-state index in [1.165, 1.54) is 0 Å². The number of nitrogens with one attached hydrogen (secondary N) is 2. The van der Waals surface area contributed by atoms with Gasteiger partial charge in [-0.2, -0.15) is 0 Å². The van der Waals surface area contributed by atoms with Gasteiger partial charge in [-0.15, -0.1) is 0 Å². The number of carbonyl (C=O) groups excluding carboxylic acids is 1. The van der Waals surface area contributed by atoms with Crippen molar-refractivity contribution in [2.45, 2.75) is 65.8 Å². The topological polar surface area (TPSA) is 54.0 Å². The maximum atomic E-state index is 12.4. The van der Waals surface area contributed by atoms with Gasteiger partial charge in [0.15, 0.2) is 0 Å². The van der Waals surface area contributed by atoms with E-state index in [0.717, 1.165) is 30.9 Å². The third kappa shape index (κ3) is 5.37. The van der Waals surface area contributed by atoms with Crippen LogP contribution in [-0.2, 0) is 5.41 Å². The summed E-state index contributed by atoms with van der Waals surface area (Å²) in [5.41, 5.74) is 1.52. The molecule has 1 aromatic heterocycles. The van der Waals surface area contributed by atoms with Crippen LogP contribution in [0, 0.1) is 0 Å². The molecule has 1 atom stereocenters. The lowest BCUT2D eigenvalue weighted by Gasteiger charge is -2.20. The molecule has 1 amide bonds. The lowest BCUT2D eigenvalue weighted by molar-refractivity contribution is 0.0939. The van der Waals surface area contributed by atoms with E-state index >= 15 is 0 Å².